The molecule has 0 saturated heterocycles. The molecule has 18 heavy (non-hydrogen) atoms. The first kappa shape index (κ1) is 14.1. The van der Waals surface area contributed by atoms with Crippen LogP contribution < -0.4 is 16.2 Å². The number of pyridine rings is 1. The van der Waals surface area contributed by atoms with Crippen molar-refractivity contribution in [2.75, 3.05) is 44.6 Å². The molecule has 0 atom stereocenters. The van der Waals surface area contributed by atoms with Crippen LogP contribution in [0.5, 0.6) is 0 Å². The molecule has 0 spiro atoms. The maximum atomic E-state index is 10.8. The summed E-state index contributed by atoms with van der Waals surface area (Å²) < 4.78 is 0. The number of nitrogens with zero attached hydrogens (tertiary/aromatic N) is 4. The maximum Gasteiger partial charge on any atom is 0.276 e. The Hall–Kier alpha value is -1.93. The minimum atomic E-state index is -0.466. The molecule has 1 heterocycles. The molecule has 3 N–H and O–H groups in total. The second-order valence-electron chi connectivity index (χ2n) is 4.20. The van der Waals surface area contributed by atoms with E-state index in [9.17, 15) is 10.1 Å². The molecular weight excluding hydrogens is 236 g/mol. The summed E-state index contributed by atoms with van der Waals surface area (Å²) in [7, 11) is 5.75. The minimum Gasteiger partial charge on any atom is -0.358 e. The van der Waals surface area contributed by atoms with Gasteiger partial charge in [0.15, 0.2) is 0 Å². The normalized spacial score (nSPS) is 10.5. The summed E-state index contributed by atoms with van der Waals surface area (Å²) >= 11 is 0. The molecule has 8 nitrogen and oxygen atoms in total. The molecule has 1 aromatic heterocycles. The monoisotopic (exact) mass is 254 g/mol. The van der Waals surface area contributed by atoms with Crippen LogP contribution in [0.15, 0.2) is 12.1 Å². The molecule has 0 saturated carbocycles. The fourth-order valence-electron chi connectivity index (χ4n) is 1.34. The number of nitro groups is 1. The number of rotatable bonds is 6. The molecule has 0 amide bonds. The molecule has 100 valence electrons. The SMILES string of the molecule is CN(C)CCN(C)c1cc([N+](=O)[O-])cc(NN)n1. The van der Waals surface area contributed by atoms with E-state index in [2.05, 4.69) is 10.4 Å². The van der Waals surface area contributed by atoms with E-state index in [-0.39, 0.29) is 11.5 Å². The average molecular weight is 254 g/mol. The standard InChI is InChI=1S/C10H18N6O2/c1-14(2)4-5-15(3)10-7-8(16(17)18)6-9(12-10)13-11/h6-7H,4-5,11H2,1-3H3,(H,12,13). The number of nitrogens with two attached hydrogens (primary N) is 1. The largest absolute Gasteiger partial charge is 0.358 e. The van der Waals surface area contributed by atoms with E-state index >= 15 is 0 Å². The van der Waals surface area contributed by atoms with Crippen molar-refractivity contribution in [2.24, 2.45) is 5.84 Å². The van der Waals surface area contributed by atoms with Crippen LogP contribution in [-0.2, 0) is 0 Å². The zero-order chi connectivity index (χ0) is 13.7. The summed E-state index contributed by atoms with van der Waals surface area (Å²) in [6.07, 6.45) is 0. The van der Waals surface area contributed by atoms with Crippen molar-refractivity contribution in [3.05, 3.63) is 22.2 Å². The highest BCUT2D eigenvalue weighted by molar-refractivity contribution is 5.55. The zero-order valence-electron chi connectivity index (χ0n) is 10.8. The van der Waals surface area contributed by atoms with Crippen molar-refractivity contribution in [3.8, 4) is 0 Å². The Labute approximate surface area is 106 Å². The van der Waals surface area contributed by atoms with Gasteiger partial charge in [-0.1, -0.05) is 0 Å². The van der Waals surface area contributed by atoms with Gasteiger partial charge in [0.2, 0.25) is 0 Å². The Kier molecular flexibility index (Phi) is 4.81. The van der Waals surface area contributed by atoms with Crippen LogP contribution in [0.25, 0.3) is 0 Å². The lowest BCUT2D eigenvalue weighted by molar-refractivity contribution is -0.384. The van der Waals surface area contributed by atoms with Crippen LogP contribution in [0, 0.1) is 10.1 Å². The van der Waals surface area contributed by atoms with Crippen LogP contribution in [0.2, 0.25) is 0 Å². The first-order valence-corrected chi connectivity index (χ1v) is 5.43. The quantitative estimate of drug-likeness (QED) is 0.427. The topological polar surface area (TPSA) is 101 Å². The van der Waals surface area contributed by atoms with Gasteiger partial charge in [0.1, 0.15) is 11.6 Å². The van der Waals surface area contributed by atoms with Crippen molar-refractivity contribution in [2.45, 2.75) is 0 Å². The number of hydrazine groups is 1. The Balaban J connectivity index is 2.93. The molecule has 0 fully saturated rings. The summed E-state index contributed by atoms with van der Waals surface area (Å²) in [4.78, 5) is 18.4. The molecule has 1 rings (SSSR count). The van der Waals surface area contributed by atoms with Crippen molar-refractivity contribution in [1.82, 2.24) is 9.88 Å². The highest BCUT2D eigenvalue weighted by Gasteiger charge is 2.13. The molecule has 8 heteroatoms. The Morgan fingerprint density at radius 2 is 2.06 bits per heavy atom. The smallest absolute Gasteiger partial charge is 0.276 e. The second kappa shape index (κ2) is 6.12. The minimum absolute atomic E-state index is 0.0374. The molecule has 0 aliphatic heterocycles. The zero-order valence-corrected chi connectivity index (χ0v) is 10.8. The van der Waals surface area contributed by atoms with Gasteiger partial charge in [-0.05, 0) is 14.1 Å². The number of hydrogen-bond donors (Lipinski definition) is 2. The lowest BCUT2D eigenvalue weighted by atomic mass is 10.3. The van der Waals surface area contributed by atoms with Crippen LogP contribution in [-0.4, -0.2) is 49.0 Å². The van der Waals surface area contributed by atoms with Crippen molar-refractivity contribution >= 4 is 17.3 Å². The van der Waals surface area contributed by atoms with Gasteiger partial charge in [-0.3, -0.25) is 10.1 Å². The predicted octanol–water partition coefficient (Wildman–Crippen LogP) is 0.273. The molecule has 1 aromatic rings. The molecule has 0 bridgehead atoms. The van der Waals surface area contributed by atoms with Crippen LogP contribution in [0.1, 0.15) is 0 Å². The summed E-state index contributed by atoms with van der Waals surface area (Å²) in [5.74, 6) is 6.04. The van der Waals surface area contributed by atoms with Gasteiger partial charge in [-0.25, -0.2) is 10.8 Å². The van der Waals surface area contributed by atoms with Gasteiger partial charge >= 0.3 is 0 Å². The van der Waals surface area contributed by atoms with Gasteiger partial charge in [0.25, 0.3) is 5.69 Å². The van der Waals surface area contributed by atoms with Crippen molar-refractivity contribution in [3.63, 3.8) is 0 Å². The predicted molar refractivity (Wildman–Crippen MR) is 70.5 cm³/mol. The van der Waals surface area contributed by atoms with E-state index in [1.54, 1.807) is 0 Å². The second-order valence-corrected chi connectivity index (χ2v) is 4.20. The highest BCUT2D eigenvalue weighted by atomic mass is 16.6. The molecule has 0 unspecified atom stereocenters. The van der Waals surface area contributed by atoms with Gasteiger partial charge in [-0.15, -0.1) is 0 Å². The van der Waals surface area contributed by atoms with Gasteiger partial charge in [-0.2, -0.15) is 0 Å². The first-order chi connectivity index (χ1) is 8.43. The van der Waals surface area contributed by atoms with Crippen LogP contribution >= 0.6 is 0 Å². The number of nitrogens with one attached hydrogen (secondary N) is 1. The average Bonchev–Trinajstić information content (AvgIpc) is 2.35. The van der Waals surface area contributed by atoms with E-state index in [0.29, 0.717) is 12.4 Å². The molecule has 0 aliphatic carbocycles. The number of anilines is 2. The van der Waals surface area contributed by atoms with Crippen molar-refractivity contribution in [1.29, 1.82) is 0 Å². The molecule has 0 aromatic carbocycles. The Morgan fingerprint density at radius 3 is 2.56 bits per heavy atom. The lowest BCUT2D eigenvalue weighted by Gasteiger charge is -2.20. The van der Waals surface area contributed by atoms with E-state index in [4.69, 9.17) is 5.84 Å². The van der Waals surface area contributed by atoms with Gasteiger partial charge in [0.05, 0.1) is 17.1 Å². The molecule has 0 aliphatic rings. The van der Waals surface area contributed by atoms with Gasteiger partial charge in [0, 0.05) is 20.1 Å². The first-order valence-electron chi connectivity index (χ1n) is 5.43. The number of nitrogen functional groups attached to an aromatic ring is 1. The van der Waals surface area contributed by atoms with Crippen molar-refractivity contribution < 1.29 is 4.92 Å². The third-order valence-corrected chi connectivity index (χ3v) is 2.43. The van der Waals surface area contributed by atoms with E-state index in [0.717, 1.165) is 6.54 Å². The van der Waals surface area contributed by atoms with Gasteiger partial charge < -0.3 is 15.2 Å². The Morgan fingerprint density at radius 1 is 1.39 bits per heavy atom. The number of likely N-dealkylation sites (N-methyl/N-ethyl adjacent to an activating group) is 2. The maximum absolute atomic E-state index is 10.8. The third-order valence-electron chi connectivity index (χ3n) is 2.43. The summed E-state index contributed by atoms with van der Waals surface area (Å²) in [5.41, 5.74) is 2.29. The number of hydrogen-bond acceptors (Lipinski definition) is 7. The Bertz CT molecular complexity index is 423. The summed E-state index contributed by atoms with van der Waals surface area (Å²) in [6.45, 7) is 1.54. The fourth-order valence-corrected chi connectivity index (χ4v) is 1.34. The van der Waals surface area contributed by atoms with E-state index < -0.39 is 4.92 Å². The molecular formula is C10H18N6O2. The fraction of sp³-hybridized carbons (Fsp3) is 0.500. The number of aromatic nitrogens is 1. The summed E-state index contributed by atoms with van der Waals surface area (Å²) in [5, 5.41) is 10.8. The lowest BCUT2D eigenvalue weighted by Crippen LogP contribution is -2.29. The van der Waals surface area contributed by atoms with E-state index in [1.165, 1.54) is 12.1 Å². The summed E-state index contributed by atoms with van der Waals surface area (Å²) in [6, 6.07) is 2.72. The van der Waals surface area contributed by atoms with E-state index in [1.807, 2.05) is 30.9 Å². The van der Waals surface area contributed by atoms with Crippen LogP contribution in [0.3, 0.4) is 0 Å². The molecule has 0 radical (unpaired) electrons. The van der Waals surface area contributed by atoms with Crippen LogP contribution in [0.4, 0.5) is 17.3 Å². The third kappa shape index (κ3) is 3.82. The highest BCUT2D eigenvalue weighted by Crippen LogP contribution is 2.21.